The Morgan fingerprint density at radius 3 is 2.88 bits per heavy atom. The SMILES string of the molecule is CCCCC(C)c1cc2c(Cl)cccc2o1. The lowest BCUT2D eigenvalue weighted by Gasteiger charge is -2.05. The molecule has 2 rings (SSSR count). The van der Waals surface area contributed by atoms with Crippen molar-refractivity contribution >= 4 is 22.6 Å². The number of fused-ring (bicyclic) bond motifs is 1. The Morgan fingerprint density at radius 2 is 2.19 bits per heavy atom. The molecule has 1 heterocycles. The van der Waals surface area contributed by atoms with Crippen molar-refractivity contribution in [2.45, 2.75) is 39.0 Å². The first kappa shape index (κ1) is 11.5. The van der Waals surface area contributed by atoms with Crippen LogP contribution in [0.15, 0.2) is 28.7 Å². The van der Waals surface area contributed by atoms with Crippen LogP contribution in [0.5, 0.6) is 0 Å². The Balaban J connectivity index is 2.29. The third-order valence-electron chi connectivity index (χ3n) is 3.00. The molecule has 0 radical (unpaired) electrons. The van der Waals surface area contributed by atoms with Crippen molar-refractivity contribution in [2.24, 2.45) is 0 Å². The average Bonchev–Trinajstić information content (AvgIpc) is 2.71. The van der Waals surface area contributed by atoms with Gasteiger partial charge in [0.1, 0.15) is 11.3 Å². The summed E-state index contributed by atoms with van der Waals surface area (Å²) >= 11 is 6.12. The topological polar surface area (TPSA) is 13.1 Å². The van der Waals surface area contributed by atoms with Gasteiger partial charge in [0.05, 0.1) is 5.02 Å². The summed E-state index contributed by atoms with van der Waals surface area (Å²) in [4.78, 5) is 0. The van der Waals surface area contributed by atoms with Gasteiger partial charge < -0.3 is 4.42 Å². The first-order chi connectivity index (χ1) is 7.72. The molecule has 0 fully saturated rings. The summed E-state index contributed by atoms with van der Waals surface area (Å²) in [5.74, 6) is 1.53. The molecule has 0 saturated carbocycles. The molecule has 16 heavy (non-hydrogen) atoms. The van der Waals surface area contributed by atoms with E-state index in [1.807, 2.05) is 18.2 Å². The second kappa shape index (κ2) is 4.92. The standard InChI is InChI=1S/C14H17ClO/c1-3-4-6-10(2)14-9-11-12(15)7-5-8-13(11)16-14/h5,7-10H,3-4,6H2,1-2H3. The van der Waals surface area contributed by atoms with E-state index in [2.05, 4.69) is 19.9 Å². The van der Waals surface area contributed by atoms with Gasteiger partial charge in [0.2, 0.25) is 0 Å². The maximum Gasteiger partial charge on any atom is 0.135 e. The molecule has 0 amide bonds. The van der Waals surface area contributed by atoms with Crippen molar-refractivity contribution in [3.05, 3.63) is 35.0 Å². The first-order valence-electron chi connectivity index (χ1n) is 5.90. The van der Waals surface area contributed by atoms with Gasteiger partial charge in [-0.05, 0) is 24.6 Å². The number of hydrogen-bond acceptors (Lipinski definition) is 1. The molecule has 1 aromatic heterocycles. The van der Waals surface area contributed by atoms with Crippen molar-refractivity contribution in [3.63, 3.8) is 0 Å². The molecule has 2 aromatic rings. The van der Waals surface area contributed by atoms with Crippen molar-refractivity contribution in [1.29, 1.82) is 0 Å². The fourth-order valence-corrected chi connectivity index (χ4v) is 2.16. The molecule has 0 aliphatic carbocycles. The number of hydrogen-bond donors (Lipinski definition) is 0. The van der Waals surface area contributed by atoms with Crippen molar-refractivity contribution < 1.29 is 4.42 Å². The van der Waals surface area contributed by atoms with Gasteiger partial charge in [-0.15, -0.1) is 0 Å². The van der Waals surface area contributed by atoms with Crippen LogP contribution in [0.1, 0.15) is 44.8 Å². The molecule has 0 N–H and O–H groups in total. The van der Waals surface area contributed by atoms with E-state index in [0.717, 1.165) is 21.8 Å². The third-order valence-corrected chi connectivity index (χ3v) is 3.33. The summed E-state index contributed by atoms with van der Waals surface area (Å²) in [5, 5.41) is 1.80. The van der Waals surface area contributed by atoms with Gasteiger partial charge in [-0.1, -0.05) is 44.4 Å². The molecular formula is C14H17ClO. The summed E-state index contributed by atoms with van der Waals surface area (Å²) < 4.78 is 5.82. The summed E-state index contributed by atoms with van der Waals surface area (Å²) in [6, 6.07) is 7.88. The Morgan fingerprint density at radius 1 is 1.38 bits per heavy atom. The van der Waals surface area contributed by atoms with Crippen LogP contribution < -0.4 is 0 Å². The van der Waals surface area contributed by atoms with Crippen LogP contribution in [0.3, 0.4) is 0 Å². The number of rotatable bonds is 4. The predicted molar refractivity (Wildman–Crippen MR) is 69.2 cm³/mol. The largest absolute Gasteiger partial charge is 0.461 e. The van der Waals surface area contributed by atoms with Crippen LogP contribution in [0.4, 0.5) is 0 Å². The number of unbranched alkanes of at least 4 members (excludes halogenated alkanes) is 1. The molecule has 2 heteroatoms. The van der Waals surface area contributed by atoms with Crippen LogP contribution >= 0.6 is 11.6 Å². The van der Waals surface area contributed by atoms with Crippen LogP contribution in [0.25, 0.3) is 11.0 Å². The fraction of sp³-hybridized carbons (Fsp3) is 0.429. The summed E-state index contributed by atoms with van der Waals surface area (Å²) in [7, 11) is 0. The molecule has 0 saturated heterocycles. The van der Waals surface area contributed by atoms with Gasteiger partial charge in [-0.25, -0.2) is 0 Å². The zero-order chi connectivity index (χ0) is 11.5. The Bertz CT molecular complexity index is 473. The van der Waals surface area contributed by atoms with Gasteiger partial charge in [0.25, 0.3) is 0 Å². The number of benzene rings is 1. The van der Waals surface area contributed by atoms with Gasteiger partial charge in [-0.3, -0.25) is 0 Å². The highest BCUT2D eigenvalue weighted by Crippen LogP contribution is 2.31. The summed E-state index contributed by atoms with van der Waals surface area (Å²) in [6.07, 6.45) is 3.64. The van der Waals surface area contributed by atoms with Gasteiger partial charge in [0, 0.05) is 11.3 Å². The molecule has 0 aliphatic rings. The zero-order valence-electron chi connectivity index (χ0n) is 9.79. The lowest BCUT2D eigenvalue weighted by molar-refractivity contribution is 0.479. The smallest absolute Gasteiger partial charge is 0.135 e. The monoisotopic (exact) mass is 236 g/mol. The van der Waals surface area contributed by atoms with Crippen molar-refractivity contribution in [2.75, 3.05) is 0 Å². The van der Waals surface area contributed by atoms with Crippen molar-refractivity contribution in [3.8, 4) is 0 Å². The quantitative estimate of drug-likeness (QED) is 0.695. The Labute approximate surface area is 101 Å². The second-order valence-electron chi connectivity index (χ2n) is 4.34. The molecule has 86 valence electrons. The van der Waals surface area contributed by atoms with Gasteiger partial charge in [-0.2, -0.15) is 0 Å². The molecule has 1 unspecified atom stereocenters. The van der Waals surface area contributed by atoms with Gasteiger partial charge >= 0.3 is 0 Å². The minimum atomic E-state index is 0.475. The Kier molecular flexibility index (Phi) is 3.55. The van der Waals surface area contributed by atoms with Crippen LogP contribution in [-0.2, 0) is 0 Å². The predicted octanol–water partition coefficient (Wildman–Crippen LogP) is 5.38. The average molecular weight is 237 g/mol. The highest BCUT2D eigenvalue weighted by Gasteiger charge is 2.12. The molecule has 0 bridgehead atoms. The summed E-state index contributed by atoms with van der Waals surface area (Å²) in [5.41, 5.74) is 0.894. The molecule has 1 nitrogen and oxygen atoms in total. The maximum absolute atomic E-state index is 6.12. The van der Waals surface area contributed by atoms with E-state index >= 15 is 0 Å². The molecule has 0 spiro atoms. The van der Waals surface area contributed by atoms with E-state index in [-0.39, 0.29) is 0 Å². The van der Waals surface area contributed by atoms with E-state index in [9.17, 15) is 0 Å². The van der Waals surface area contributed by atoms with Crippen molar-refractivity contribution in [1.82, 2.24) is 0 Å². The molecule has 0 aliphatic heterocycles. The van der Waals surface area contributed by atoms with Gasteiger partial charge in [0.15, 0.2) is 0 Å². The van der Waals surface area contributed by atoms with Crippen LogP contribution in [-0.4, -0.2) is 0 Å². The van der Waals surface area contributed by atoms with E-state index in [1.54, 1.807) is 0 Å². The van der Waals surface area contributed by atoms with Crippen LogP contribution in [0.2, 0.25) is 5.02 Å². The maximum atomic E-state index is 6.12. The number of furan rings is 1. The fourth-order valence-electron chi connectivity index (χ4n) is 1.94. The second-order valence-corrected chi connectivity index (χ2v) is 4.75. The third kappa shape index (κ3) is 2.25. The molecule has 1 atom stereocenters. The molecular weight excluding hydrogens is 220 g/mol. The van der Waals surface area contributed by atoms with E-state index in [0.29, 0.717) is 5.92 Å². The molecule has 1 aromatic carbocycles. The van der Waals surface area contributed by atoms with E-state index < -0.39 is 0 Å². The highest BCUT2D eigenvalue weighted by molar-refractivity contribution is 6.35. The summed E-state index contributed by atoms with van der Waals surface area (Å²) in [6.45, 7) is 4.42. The minimum Gasteiger partial charge on any atom is -0.461 e. The lowest BCUT2D eigenvalue weighted by Crippen LogP contribution is -1.90. The normalized spacial score (nSPS) is 13.2. The first-order valence-corrected chi connectivity index (χ1v) is 6.28. The lowest BCUT2D eigenvalue weighted by atomic mass is 10.0. The van der Waals surface area contributed by atoms with E-state index in [4.69, 9.17) is 16.0 Å². The van der Waals surface area contributed by atoms with Crippen LogP contribution in [0, 0.1) is 0 Å². The minimum absolute atomic E-state index is 0.475. The number of halogens is 1. The van der Waals surface area contributed by atoms with E-state index in [1.165, 1.54) is 19.3 Å². The highest BCUT2D eigenvalue weighted by atomic mass is 35.5. The zero-order valence-corrected chi connectivity index (χ0v) is 10.6. The Hall–Kier alpha value is -0.950.